The topological polar surface area (TPSA) is 66.9 Å². The average molecular weight is 428 g/mol. The number of likely N-dealkylation sites (tertiary alicyclic amines) is 1. The third kappa shape index (κ3) is 3.80. The van der Waals surface area contributed by atoms with Crippen LogP contribution in [0.15, 0.2) is 34.7 Å². The van der Waals surface area contributed by atoms with E-state index in [1.54, 1.807) is 25.1 Å². The third-order valence-corrected chi connectivity index (χ3v) is 6.75. The Kier molecular flexibility index (Phi) is 5.76. The zero-order valence-electron chi connectivity index (χ0n) is 17.6. The molecule has 0 spiro atoms. The van der Waals surface area contributed by atoms with Gasteiger partial charge in [0, 0.05) is 16.1 Å². The molecule has 1 aliphatic heterocycles. The van der Waals surface area contributed by atoms with Gasteiger partial charge < -0.3 is 19.7 Å². The summed E-state index contributed by atoms with van der Waals surface area (Å²) in [5.74, 6) is 0.488. The zero-order valence-corrected chi connectivity index (χ0v) is 18.4. The van der Waals surface area contributed by atoms with E-state index in [1.807, 2.05) is 19.1 Å². The molecule has 0 aliphatic carbocycles. The van der Waals surface area contributed by atoms with Crippen molar-refractivity contribution in [3.8, 4) is 5.75 Å². The summed E-state index contributed by atoms with van der Waals surface area (Å²) in [7, 11) is 0. The molecule has 0 radical (unpaired) electrons. The van der Waals surface area contributed by atoms with Crippen LogP contribution in [0.25, 0.3) is 11.0 Å². The van der Waals surface area contributed by atoms with E-state index in [-0.39, 0.29) is 11.7 Å². The number of nitrogens with one attached hydrogen (secondary N) is 2. The third-order valence-electron chi connectivity index (χ3n) is 6.34. The monoisotopic (exact) mass is 427 g/mol. The number of aromatic hydroxyl groups is 1. The van der Waals surface area contributed by atoms with E-state index in [2.05, 4.69) is 12.2 Å². The van der Waals surface area contributed by atoms with Gasteiger partial charge in [0.15, 0.2) is 0 Å². The van der Waals surface area contributed by atoms with Gasteiger partial charge in [-0.1, -0.05) is 17.7 Å². The highest BCUT2D eigenvalue weighted by Gasteiger charge is 2.28. The Balaban J connectivity index is 1.76. The van der Waals surface area contributed by atoms with Crippen molar-refractivity contribution in [1.29, 1.82) is 0 Å². The summed E-state index contributed by atoms with van der Waals surface area (Å²) >= 11 is 6.21. The van der Waals surface area contributed by atoms with Gasteiger partial charge in [0.2, 0.25) is 0 Å². The molecule has 2 aromatic carbocycles. The molecule has 3 aromatic rings. The summed E-state index contributed by atoms with van der Waals surface area (Å²) in [4.78, 5) is 14.7. The quantitative estimate of drug-likeness (QED) is 0.569. The van der Waals surface area contributed by atoms with Gasteiger partial charge >= 0.3 is 0 Å². The van der Waals surface area contributed by atoms with Crippen molar-refractivity contribution < 1.29 is 19.2 Å². The number of piperidine rings is 1. The molecule has 2 atom stereocenters. The Labute approximate surface area is 181 Å². The van der Waals surface area contributed by atoms with Crippen molar-refractivity contribution in [2.45, 2.75) is 52.6 Å². The van der Waals surface area contributed by atoms with Gasteiger partial charge in [-0.15, -0.1) is 0 Å². The number of rotatable bonds is 4. The minimum absolute atomic E-state index is 0.210. The maximum Gasteiger partial charge on any atom is 0.259 e. The highest BCUT2D eigenvalue weighted by molar-refractivity contribution is 6.31. The Hall–Kier alpha value is -2.50. The van der Waals surface area contributed by atoms with Crippen LogP contribution < -0.4 is 10.2 Å². The van der Waals surface area contributed by atoms with Gasteiger partial charge in [-0.25, -0.2) is 0 Å². The highest BCUT2D eigenvalue weighted by atomic mass is 35.5. The molecule has 6 heteroatoms. The number of hydrogen-bond acceptors (Lipinski definition) is 3. The van der Waals surface area contributed by atoms with Gasteiger partial charge in [-0.05, 0) is 69.9 Å². The van der Waals surface area contributed by atoms with Crippen molar-refractivity contribution in [2.75, 3.05) is 11.9 Å². The summed E-state index contributed by atoms with van der Waals surface area (Å²) < 4.78 is 5.92. The molecule has 0 saturated carbocycles. The first-order valence-corrected chi connectivity index (χ1v) is 10.9. The van der Waals surface area contributed by atoms with E-state index in [4.69, 9.17) is 16.0 Å². The number of aryl methyl sites for hydroxylation is 1. The second-order valence-electron chi connectivity index (χ2n) is 8.32. The molecule has 30 heavy (non-hydrogen) atoms. The average Bonchev–Trinajstić information content (AvgIpc) is 3.05. The van der Waals surface area contributed by atoms with Crippen LogP contribution >= 0.6 is 11.6 Å². The first-order valence-electron chi connectivity index (χ1n) is 10.5. The van der Waals surface area contributed by atoms with Gasteiger partial charge in [-0.2, -0.15) is 0 Å². The molecule has 1 aromatic heterocycles. The second-order valence-corrected chi connectivity index (χ2v) is 8.73. The normalized spacial score (nSPS) is 19.2. The highest BCUT2D eigenvalue weighted by Crippen LogP contribution is 2.34. The first kappa shape index (κ1) is 20.8. The number of phenolic OH excluding ortho intramolecular Hbond substituents is 1. The summed E-state index contributed by atoms with van der Waals surface area (Å²) in [6, 6.07) is 9.35. The number of carbonyl (C=O) groups is 1. The molecule has 158 valence electrons. The van der Waals surface area contributed by atoms with Gasteiger partial charge in [0.25, 0.3) is 5.91 Å². The fraction of sp³-hybridized carbons (Fsp3) is 0.375. The molecule has 5 nitrogen and oxygen atoms in total. The zero-order chi connectivity index (χ0) is 21.4. The summed E-state index contributed by atoms with van der Waals surface area (Å²) in [6.45, 7) is 7.65. The summed E-state index contributed by atoms with van der Waals surface area (Å²) in [6.07, 6.45) is 3.61. The molecule has 0 bridgehead atoms. The van der Waals surface area contributed by atoms with Gasteiger partial charge in [0.05, 0.1) is 23.7 Å². The van der Waals surface area contributed by atoms with E-state index >= 15 is 0 Å². The number of fused-ring (bicyclic) bond motifs is 1. The fourth-order valence-corrected chi connectivity index (χ4v) is 4.66. The number of amides is 1. The Morgan fingerprint density at radius 2 is 2.07 bits per heavy atom. The fourth-order valence-electron chi connectivity index (χ4n) is 4.49. The van der Waals surface area contributed by atoms with Crippen LogP contribution in [0.3, 0.4) is 0 Å². The number of phenols is 1. The Bertz CT molecular complexity index is 1110. The van der Waals surface area contributed by atoms with E-state index in [0.29, 0.717) is 45.6 Å². The van der Waals surface area contributed by atoms with Crippen molar-refractivity contribution in [3.63, 3.8) is 0 Å². The van der Waals surface area contributed by atoms with Crippen LogP contribution in [0.2, 0.25) is 5.02 Å². The predicted molar refractivity (Wildman–Crippen MR) is 120 cm³/mol. The lowest BCUT2D eigenvalue weighted by atomic mass is 9.99. The molecule has 1 saturated heterocycles. The van der Waals surface area contributed by atoms with Crippen molar-refractivity contribution >= 4 is 34.2 Å². The minimum atomic E-state index is -0.259. The van der Waals surface area contributed by atoms with E-state index in [0.717, 1.165) is 17.7 Å². The minimum Gasteiger partial charge on any atom is -0.507 e. The van der Waals surface area contributed by atoms with Crippen molar-refractivity contribution in [3.05, 3.63) is 57.8 Å². The molecular formula is C24H28ClN2O3+. The van der Waals surface area contributed by atoms with Crippen LogP contribution in [0.1, 0.15) is 53.4 Å². The summed E-state index contributed by atoms with van der Waals surface area (Å²) in [5.41, 5.74) is 3.35. The van der Waals surface area contributed by atoms with Crippen molar-refractivity contribution in [1.82, 2.24) is 0 Å². The van der Waals surface area contributed by atoms with Crippen molar-refractivity contribution in [2.24, 2.45) is 0 Å². The SMILES string of the molecule is Cc1oc2ccc(O)c(C[NH+]3CCCC[C@H]3C)c2c1C(=O)Nc1cccc(Cl)c1C. The second kappa shape index (κ2) is 8.32. The number of carbonyl (C=O) groups excluding carboxylic acids is 1. The smallest absolute Gasteiger partial charge is 0.259 e. The van der Waals surface area contributed by atoms with E-state index in [9.17, 15) is 9.90 Å². The predicted octanol–water partition coefficient (Wildman–Crippen LogP) is 4.62. The number of anilines is 1. The van der Waals surface area contributed by atoms with Crippen LogP contribution in [-0.4, -0.2) is 23.6 Å². The summed E-state index contributed by atoms with van der Waals surface area (Å²) in [5, 5.41) is 15.0. The molecule has 2 heterocycles. The number of halogens is 1. The van der Waals surface area contributed by atoms with Gasteiger partial charge in [-0.3, -0.25) is 4.79 Å². The lowest BCUT2D eigenvalue weighted by Gasteiger charge is -2.30. The molecule has 1 fully saturated rings. The molecule has 1 aliphatic rings. The first-order chi connectivity index (χ1) is 14.4. The van der Waals surface area contributed by atoms with E-state index in [1.165, 1.54) is 24.2 Å². The molecule has 1 amide bonds. The molecule has 3 N–H and O–H groups in total. The maximum atomic E-state index is 13.3. The van der Waals surface area contributed by atoms with Gasteiger partial charge in [0.1, 0.15) is 23.6 Å². The standard InChI is InChI=1S/C24H27ClN2O3/c1-14-7-4-5-12-27(14)13-17-20(28)10-11-21-23(17)22(16(3)30-21)24(29)26-19-9-6-8-18(25)15(19)2/h6,8-11,14,28H,4-5,7,12-13H2,1-3H3,(H,26,29)/p+1/t14-/m1/s1. The Morgan fingerprint density at radius 3 is 2.83 bits per heavy atom. The van der Waals surface area contributed by atoms with E-state index < -0.39 is 0 Å². The number of quaternary nitrogens is 1. The molecular weight excluding hydrogens is 400 g/mol. The Morgan fingerprint density at radius 1 is 1.27 bits per heavy atom. The largest absolute Gasteiger partial charge is 0.507 e. The lowest BCUT2D eigenvalue weighted by molar-refractivity contribution is -0.941. The number of furan rings is 1. The number of benzene rings is 2. The number of hydrogen-bond donors (Lipinski definition) is 3. The molecule has 1 unspecified atom stereocenters. The lowest BCUT2D eigenvalue weighted by Crippen LogP contribution is -3.14. The van der Waals surface area contributed by atoms with Crippen LogP contribution in [0.5, 0.6) is 5.75 Å². The molecule has 4 rings (SSSR count). The van der Waals surface area contributed by atoms with Crippen LogP contribution in [0, 0.1) is 13.8 Å². The van der Waals surface area contributed by atoms with Crippen LogP contribution in [-0.2, 0) is 6.54 Å². The maximum absolute atomic E-state index is 13.3. The van der Waals surface area contributed by atoms with Crippen LogP contribution in [0.4, 0.5) is 5.69 Å².